The Bertz CT molecular complexity index is 515. The number of allylic oxidation sites excluding steroid dienone is 5. The zero-order valence-corrected chi connectivity index (χ0v) is 18.0. The van der Waals surface area contributed by atoms with E-state index < -0.39 is 6.04 Å². The quantitative estimate of drug-likeness (QED) is 0.362. The van der Waals surface area contributed by atoms with Gasteiger partial charge in [-0.1, -0.05) is 36.3 Å². The van der Waals surface area contributed by atoms with Crippen LogP contribution in [-0.2, 0) is 0 Å². The van der Waals surface area contributed by atoms with Crippen LogP contribution in [0.15, 0.2) is 46.6 Å². The van der Waals surface area contributed by atoms with Crippen LogP contribution in [0, 0.1) is 10.6 Å². The Hall–Kier alpha value is 0.186. The van der Waals surface area contributed by atoms with Crippen molar-refractivity contribution >= 4 is 5.71 Å². The van der Waals surface area contributed by atoms with E-state index in [0.717, 1.165) is 34.6 Å². The largest absolute Gasteiger partial charge is 1.00 e. The second-order valence-electron chi connectivity index (χ2n) is 5.73. The molecule has 0 aromatic heterocycles. The fraction of sp³-hybridized carbons (Fsp3) is 0.500. The predicted octanol–water partition coefficient (Wildman–Crippen LogP) is 1.78. The molecule has 0 aliphatic carbocycles. The van der Waals surface area contributed by atoms with Crippen molar-refractivity contribution < 1.29 is 51.4 Å². The summed E-state index contributed by atoms with van der Waals surface area (Å²) in [4.78, 5) is 0. The molecule has 1 N–H and O–H groups in total. The second kappa shape index (κ2) is 10.9. The first kappa shape index (κ1) is 22.2. The molecule has 22 heavy (non-hydrogen) atoms. The van der Waals surface area contributed by atoms with Crippen LogP contribution >= 0.6 is 0 Å². The molecular weight excluding hydrogens is 299 g/mol. The average molecular weight is 327 g/mol. The fourth-order valence-electron chi connectivity index (χ4n) is 2.35. The van der Waals surface area contributed by atoms with Gasteiger partial charge in [-0.15, -0.1) is 0 Å². The first-order valence-corrected chi connectivity index (χ1v) is 7.59. The number of hydrogen-bond acceptors (Lipinski definition) is 3. The predicted molar refractivity (Wildman–Crippen MR) is 91.5 cm³/mol. The molecular formula is C18H27KN2O. The van der Waals surface area contributed by atoms with Gasteiger partial charge in [0.1, 0.15) is 0 Å². The third-order valence-electron chi connectivity index (χ3n) is 4.09. The van der Waals surface area contributed by atoms with Crippen molar-refractivity contribution in [3.05, 3.63) is 51.8 Å². The smallest absolute Gasteiger partial charge is 0.784 e. The number of hydroxylamine groups is 2. The van der Waals surface area contributed by atoms with Gasteiger partial charge in [0.15, 0.2) is 0 Å². The van der Waals surface area contributed by atoms with Crippen molar-refractivity contribution in [3.8, 4) is 0 Å². The summed E-state index contributed by atoms with van der Waals surface area (Å²) in [6, 6.07) is -0.423. The summed E-state index contributed by atoms with van der Waals surface area (Å²) >= 11 is 0. The zero-order valence-electron chi connectivity index (χ0n) is 14.9. The van der Waals surface area contributed by atoms with Crippen molar-refractivity contribution in [1.82, 2.24) is 5.06 Å². The van der Waals surface area contributed by atoms with E-state index in [1.807, 2.05) is 39.0 Å². The normalized spacial score (nSPS) is 21.3. The van der Waals surface area contributed by atoms with Gasteiger partial charge in [-0.2, -0.15) is 0 Å². The Morgan fingerprint density at radius 2 is 1.95 bits per heavy atom. The van der Waals surface area contributed by atoms with Gasteiger partial charge in [0.2, 0.25) is 0 Å². The average Bonchev–Trinajstić information content (AvgIpc) is 2.43. The van der Waals surface area contributed by atoms with Crippen LogP contribution < -0.4 is 51.4 Å². The van der Waals surface area contributed by atoms with Crippen LogP contribution in [0.3, 0.4) is 0 Å². The Balaban J connectivity index is 0.00000441. The van der Waals surface area contributed by atoms with E-state index in [2.05, 4.69) is 19.9 Å². The van der Waals surface area contributed by atoms with Gasteiger partial charge in [0.05, 0.1) is 11.8 Å². The van der Waals surface area contributed by atoms with Crippen molar-refractivity contribution in [1.29, 1.82) is 5.41 Å². The van der Waals surface area contributed by atoms with E-state index in [4.69, 9.17) is 5.41 Å². The third kappa shape index (κ3) is 6.36. The third-order valence-corrected chi connectivity index (χ3v) is 4.09. The van der Waals surface area contributed by atoms with Crippen LogP contribution in [0.4, 0.5) is 0 Å². The van der Waals surface area contributed by atoms with Crippen molar-refractivity contribution in [2.24, 2.45) is 0 Å². The fourth-order valence-corrected chi connectivity index (χ4v) is 2.35. The van der Waals surface area contributed by atoms with E-state index in [1.54, 1.807) is 0 Å². The minimum absolute atomic E-state index is 0. The van der Waals surface area contributed by atoms with Gasteiger partial charge in [-0.25, -0.2) is 0 Å². The van der Waals surface area contributed by atoms with E-state index in [0.29, 0.717) is 12.3 Å². The molecule has 0 saturated carbocycles. The van der Waals surface area contributed by atoms with E-state index in [-0.39, 0.29) is 51.4 Å². The molecule has 1 heterocycles. The Kier molecular flexibility index (Phi) is 11.0. The SMILES string of the molecule is CC\C=C/C=C(C)\C(C)=C\C(=N)C1C(C)=C(C)CCN1[O-].[K+]. The zero-order chi connectivity index (χ0) is 16.0. The summed E-state index contributed by atoms with van der Waals surface area (Å²) in [6.07, 6.45) is 9.82. The molecule has 1 atom stereocenters. The van der Waals surface area contributed by atoms with Gasteiger partial charge in [-0.3, -0.25) is 0 Å². The molecule has 3 nitrogen and oxygen atoms in total. The summed E-state index contributed by atoms with van der Waals surface area (Å²) in [7, 11) is 0. The maximum Gasteiger partial charge on any atom is 1.00 e. The van der Waals surface area contributed by atoms with E-state index >= 15 is 0 Å². The van der Waals surface area contributed by atoms with Crippen LogP contribution in [0.5, 0.6) is 0 Å². The van der Waals surface area contributed by atoms with Crippen LogP contribution in [0.1, 0.15) is 47.5 Å². The van der Waals surface area contributed by atoms with Gasteiger partial charge >= 0.3 is 51.4 Å². The summed E-state index contributed by atoms with van der Waals surface area (Å²) < 4.78 is 0. The molecule has 0 saturated heterocycles. The van der Waals surface area contributed by atoms with Crippen LogP contribution in [-0.4, -0.2) is 23.4 Å². The molecule has 0 aromatic rings. The summed E-state index contributed by atoms with van der Waals surface area (Å²) in [5, 5.41) is 21.3. The minimum Gasteiger partial charge on any atom is -0.784 e. The topological polar surface area (TPSA) is 50.2 Å². The van der Waals surface area contributed by atoms with Crippen molar-refractivity contribution in [2.75, 3.05) is 6.54 Å². The van der Waals surface area contributed by atoms with Gasteiger partial charge in [-0.05, 0) is 64.3 Å². The molecule has 116 valence electrons. The molecule has 0 bridgehead atoms. The number of hydrogen-bond donors (Lipinski definition) is 1. The van der Waals surface area contributed by atoms with Gasteiger partial charge in [0.25, 0.3) is 0 Å². The van der Waals surface area contributed by atoms with E-state index in [1.165, 1.54) is 5.57 Å². The number of rotatable bonds is 5. The van der Waals surface area contributed by atoms with Crippen LogP contribution in [0.25, 0.3) is 0 Å². The first-order valence-electron chi connectivity index (χ1n) is 7.59. The first-order chi connectivity index (χ1) is 9.88. The van der Waals surface area contributed by atoms with Gasteiger partial charge < -0.3 is 15.7 Å². The molecule has 4 heteroatoms. The maximum atomic E-state index is 12.0. The summed E-state index contributed by atoms with van der Waals surface area (Å²) in [5.41, 5.74) is 4.80. The molecule has 0 amide bonds. The number of nitrogens with zero attached hydrogens (tertiary/aromatic N) is 1. The molecule has 0 radical (unpaired) electrons. The Morgan fingerprint density at radius 3 is 2.55 bits per heavy atom. The molecule has 1 aliphatic rings. The second-order valence-corrected chi connectivity index (χ2v) is 5.73. The van der Waals surface area contributed by atoms with Crippen LogP contribution in [0.2, 0.25) is 0 Å². The Labute approximate surface area is 177 Å². The maximum absolute atomic E-state index is 12.0. The van der Waals surface area contributed by atoms with Crippen molar-refractivity contribution in [2.45, 2.75) is 53.5 Å². The molecule has 0 aromatic carbocycles. The minimum atomic E-state index is -0.423. The van der Waals surface area contributed by atoms with Gasteiger partial charge in [0, 0.05) is 0 Å². The summed E-state index contributed by atoms with van der Waals surface area (Å²) in [6.45, 7) is 10.6. The molecule has 1 aliphatic heterocycles. The Morgan fingerprint density at radius 1 is 1.32 bits per heavy atom. The molecule has 0 fully saturated rings. The summed E-state index contributed by atoms with van der Waals surface area (Å²) in [5.74, 6) is 0. The molecule has 1 unspecified atom stereocenters. The molecule has 1 rings (SSSR count). The molecule has 0 spiro atoms. The van der Waals surface area contributed by atoms with Crippen molar-refractivity contribution in [3.63, 3.8) is 0 Å². The standard InChI is InChI=1S/C18H27N2O.K/c1-6-7-8-9-13(2)15(4)12-17(19)18-16(5)14(3)10-11-20(18)21;/h7-9,12,18-19H,6,10-11H2,1-5H3;/q-1;+1/b8-7-,13-9-,15-12+,19-17?;. The monoisotopic (exact) mass is 326 g/mol. The number of nitrogens with one attached hydrogen (secondary N) is 1. The van der Waals surface area contributed by atoms with E-state index in [9.17, 15) is 5.21 Å².